The zero-order valence-electron chi connectivity index (χ0n) is 17.3. The number of benzene rings is 3. The number of carbonyl (C=O) groups excluding carboxylic acids is 1. The normalized spacial score (nSPS) is 19.9. The summed E-state index contributed by atoms with van der Waals surface area (Å²) in [5.74, 6) is 0.894. The van der Waals surface area contributed by atoms with E-state index in [9.17, 15) is 4.79 Å². The van der Waals surface area contributed by atoms with Crippen molar-refractivity contribution in [2.75, 3.05) is 24.3 Å². The molecule has 0 fully saturated rings. The fourth-order valence-corrected chi connectivity index (χ4v) is 4.14. The third kappa shape index (κ3) is 4.25. The van der Waals surface area contributed by atoms with Gasteiger partial charge in [-0.2, -0.15) is 0 Å². The van der Waals surface area contributed by atoms with Crippen LogP contribution < -0.4 is 20.7 Å². The molecule has 0 unspecified atom stereocenters. The van der Waals surface area contributed by atoms with Crippen LogP contribution in [0.25, 0.3) is 0 Å². The maximum Gasteiger partial charge on any atom is 0.216 e. The Labute approximate surface area is 177 Å². The molecule has 0 spiro atoms. The van der Waals surface area contributed by atoms with Gasteiger partial charge in [-0.05, 0) is 41.5 Å². The number of hydrogen-bond donors (Lipinski definition) is 3. The van der Waals surface area contributed by atoms with Crippen LogP contribution in [0.1, 0.15) is 30.1 Å². The molecule has 1 aliphatic rings. The van der Waals surface area contributed by atoms with E-state index >= 15 is 0 Å². The van der Waals surface area contributed by atoms with Crippen LogP contribution in [0.15, 0.2) is 78.9 Å². The molecule has 1 amide bonds. The molecule has 154 valence electrons. The number of para-hydroxylation sites is 2. The lowest BCUT2D eigenvalue weighted by Crippen LogP contribution is -2.42. The van der Waals surface area contributed by atoms with Crippen LogP contribution in [0, 0.1) is 5.92 Å². The van der Waals surface area contributed by atoms with Crippen molar-refractivity contribution in [2.45, 2.75) is 19.0 Å². The smallest absolute Gasteiger partial charge is 0.216 e. The first-order chi connectivity index (χ1) is 14.7. The zero-order chi connectivity index (χ0) is 20.9. The Hall–Kier alpha value is -3.47. The van der Waals surface area contributed by atoms with Crippen molar-refractivity contribution in [3.63, 3.8) is 0 Å². The van der Waals surface area contributed by atoms with Gasteiger partial charge in [0.05, 0.1) is 19.2 Å². The summed E-state index contributed by atoms with van der Waals surface area (Å²) in [4.78, 5) is 11.8. The molecule has 1 heterocycles. The summed E-state index contributed by atoms with van der Waals surface area (Å²) >= 11 is 0. The van der Waals surface area contributed by atoms with Gasteiger partial charge in [-0.3, -0.25) is 4.79 Å². The average molecular weight is 402 g/mol. The van der Waals surface area contributed by atoms with Crippen molar-refractivity contribution >= 4 is 17.3 Å². The summed E-state index contributed by atoms with van der Waals surface area (Å²) in [7, 11) is 1.67. The highest BCUT2D eigenvalue weighted by atomic mass is 16.5. The van der Waals surface area contributed by atoms with Crippen LogP contribution in [0.4, 0.5) is 11.4 Å². The van der Waals surface area contributed by atoms with Gasteiger partial charge in [-0.15, -0.1) is 0 Å². The third-order valence-electron chi connectivity index (χ3n) is 5.62. The fraction of sp³-hybridized carbons (Fsp3) is 0.240. The zero-order valence-corrected chi connectivity index (χ0v) is 17.3. The van der Waals surface area contributed by atoms with Gasteiger partial charge in [0.1, 0.15) is 5.75 Å². The van der Waals surface area contributed by atoms with E-state index < -0.39 is 0 Å². The molecule has 0 radical (unpaired) electrons. The molecule has 5 nitrogen and oxygen atoms in total. The quantitative estimate of drug-likeness (QED) is 0.557. The van der Waals surface area contributed by atoms with Gasteiger partial charge >= 0.3 is 0 Å². The molecule has 1 aliphatic heterocycles. The largest absolute Gasteiger partial charge is 0.497 e. The molecule has 0 saturated heterocycles. The van der Waals surface area contributed by atoms with Crippen LogP contribution in [0.3, 0.4) is 0 Å². The fourth-order valence-electron chi connectivity index (χ4n) is 4.14. The molecule has 30 heavy (non-hydrogen) atoms. The molecular weight excluding hydrogens is 374 g/mol. The molecule has 3 aromatic carbocycles. The Morgan fingerprint density at radius 1 is 0.967 bits per heavy atom. The Bertz CT molecular complexity index is 989. The molecule has 3 atom stereocenters. The Morgan fingerprint density at radius 3 is 2.37 bits per heavy atom. The minimum atomic E-state index is -0.0270. The van der Waals surface area contributed by atoms with Gasteiger partial charge in [0.15, 0.2) is 0 Å². The summed E-state index contributed by atoms with van der Waals surface area (Å²) in [6, 6.07) is 26.8. The summed E-state index contributed by atoms with van der Waals surface area (Å²) < 4.78 is 5.33. The van der Waals surface area contributed by atoms with Crippen LogP contribution in [-0.4, -0.2) is 19.6 Å². The van der Waals surface area contributed by atoms with E-state index in [2.05, 4.69) is 58.4 Å². The van der Waals surface area contributed by atoms with Gasteiger partial charge in [-0.25, -0.2) is 0 Å². The monoisotopic (exact) mass is 401 g/mol. The first kappa shape index (κ1) is 19.8. The number of carbonyl (C=O) groups is 1. The second-order valence-electron chi connectivity index (χ2n) is 7.57. The number of methoxy groups -OCH3 is 1. The number of anilines is 2. The molecule has 3 aromatic rings. The molecule has 0 saturated carbocycles. The van der Waals surface area contributed by atoms with Gasteiger partial charge in [0.25, 0.3) is 0 Å². The second-order valence-corrected chi connectivity index (χ2v) is 7.57. The topological polar surface area (TPSA) is 62.4 Å². The molecular formula is C25H27N3O2. The Kier molecular flexibility index (Phi) is 5.89. The van der Waals surface area contributed by atoms with E-state index in [-0.39, 0.29) is 23.9 Å². The summed E-state index contributed by atoms with van der Waals surface area (Å²) in [6.45, 7) is 2.12. The van der Waals surface area contributed by atoms with E-state index in [0.717, 1.165) is 22.7 Å². The van der Waals surface area contributed by atoms with Crippen LogP contribution in [-0.2, 0) is 4.79 Å². The second kappa shape index (κ2) is 8.91. The van der Waals surface area contributed by atoms with Crippen molar-refractivity contribution in [1.82, 2.24) is 5.32 Å². The van der Waals surface area contributed by atoms with E-state index in [0.29, 0.717) is 6.54 Å². The predicted molar refractivity (Wildman–Crippen MR) is 121 cm³/mol. The van der Waals surface area contributed by atoms with Gasteiger partial charge in [-0.1, -0.05) is 48.5 Å². The SMILES string of the molecule is COc1ccc([C@H]2Nc3ccccc3[C@@H](Nc3ccccc3)[C@H]2CNC(C)=O)cc1. The number of nitrogens with one attached hydrogen (secondary N) is 3. The highest BCUT2D eigenvalue weighted by Crippen LogP contribution is 2.44. The van der Waals surface area contributed by atoms with E-state index in [1.807, 2.05) is 36.4 Å². The Morgan fingerprint density at radius 2 is 1.67 bits per heavy atom. The van der Waals surface area contributed by atoms with E-state index in [1.54, 1.807) is 14.0 Å². The predicted octanol–water partition coefficient (Wildman–Crippen LogP) is 4.77. The van der Waals surface area contributed by atoms with Crippen molar-refractivity contribution in [1.29, 1.82) is 0 Å². The lowest BCUT2D eigenvalue weighted by atomic mass is 9.79. The first-order valence-corrected chi connectivity index (χ1v) is 10.2. The van der Waals surface area contributed by atoms with E-state index in [1.165, 1.54) is 5.56 Å². The van der Waals surface area contributed by atoms with Crippen molar-refractivity contribution < 1.29 is 9.53 Å². The minimum absolute atomic E-state index is 0.0267. The van der Waals surface area contributed by atoms with Crippen molar-refractivity contribution in [2.24, 2.45) is 5.92 Å². The van der Waals surface area contributed by atoms with Crippen LogP contribution >= 0.6 is 0 Å². The standard InChI is InChI=1S/C25H27N3O2/c1-17(29)26-16-22-24(18-12-14-20(30-2)15-13-18)28-23-11-7-6-10-21(23)25(22)27-19-8-4-3-5-9-19/h3-15,22,24-25,27-28H,16H2,1-2H3,(H,26,29)/t22-,24+,25+/m0/s1. The van der Waals surface area contributed by atoms with Gasteiger partial charge in [0.2, 0.25) is 5.91 Å². The number of fused-ring (bicyclic) bond motifs is 1. The molecule has 3 N–H and O–H groups in total. The van der Waals surface area contributed by atoms with Crippen molar-refractivity contribution in [3.05, 3.63) is 90.0 Å². The maximum atomic E-state index is 11.8. The molecule has 0 bridgehead atoms. The summed E-state index contributed by atoms with van der Waals surface area (Å²) in [6.07, 6.45) is 0. The highest BCUT2D eigenvalue weighted by Gasteiger charge is 2.37. The molecule has 0 aliphatic carbocycles. The number of rotatable bonds is 6. The lowest BCUT2D eigenvalue weighted by molar-refractivity contribution is -0.119. The number of hydrogen-bond acceptors (Lipinski definition) is 4. The molecule has 4 rings (SSSR count). The highest BCUT2D eigenvalue weighted by molar-refractivity contribution is 5.73. The van der Waals surface area contributed by atoms with Gasteiger partial charge < -0.3 is 20.7 Å². The summed E-state index contributed by atoms with van der Waals surface area (Å²) in [5, 5.41) is 10.5. The average Bonchev–Trinajstić information content (AvgIpc) is 2.78. The lowest BCUT2D eigenvalue weighted by Gasteiger charge is -2.42. The summed E-state index contributed by atoms with van der Waals surface area (Å²) in [5.41, 5.74) is 4.51. The Balaban J connectivity index is 1.75. The van der Waals surface area contributed by atoms with Gasteiger partial charge in [0, 0.05) is 30.8 Å². The molecule has 5 heteroatoms. The van der Waals surface area contributed by atoms with Crippen molar-refractivity contribution in [3.8, 4) is 5.75 Å². The van der Waals surface area contributed by atoms with Crippen LogP contribution in [0.2, 0.25) is 0 Å². The molecule has 0 aromatic heterocycles. The number of ether oxygens (including phenoxy) is 1. The maximum absolute atomic E-state index is 11.8. The van der Waals surface area contributed by atoms with Crippen LogP contribution in [0.5, 0.6) is 5.75 Å². The minimum Gasteiger partial charge on any atom is -0.497 e. The first-order valence-electron chi connectivity index (χ1n) is 10.2. The van der Waals surface area contributed by atoms with E-state index in [4.69, 9.17) is 4.74 Å². The third-order valence-corrected chi connectivity index (χ3v) is 5.62. The number of amides is 1.